The first kappa shape index (κ1) is 15.0. The lowest BCUT2D eigenvalue weighted by Crippen LogP contribution is -2.37. The average Bonchev–Trinajstić information content (AvgIpc) is 2.59. The summed E-state index contributed by atoms with van der Waals surface area (Å²) in [5, 5.41) is 9.31. The second kappa shape index (κ2) is 6.48. The Labute approximate surface area is 133 Å². The Balaban J connectivity index is 1.82. The number of carbonyl (C=O) groups excluding carboxylic acids is 1. The van der Waals surface area contributed by atoms with Gasteiger partial charge in [-0.2, -0.15) is 0 Å². The van der Waals surface area contributed by atoms with E-state index >= 15 is 0 Å². The van der Waals surface area contributed by atoms with Crippen molar-refractivity contribution in [3.05, 3.63) is 59.4 Å². The molecule has 6 nitrogen and oxygen atoms in total. The second-order valence-corrected chi connectivity index (χ2v) is 5.27. The molecule has 1 amide bonds. The first-order valence-corrected chi connectivity index (χ1v) is 7.36. The van der Waals surface area contributed by atoms with Gasteiger partial charge in [0.25, 0.3) is 0 Å². The van der Waals surface area contributed by atoms with Crippen molar-refractivity contribution in [2.24, 2.45) is 0 Å². The van der Waals surface area contributed by atoms with Crippen LogP contribution in [-0.4, -0.2) is 28.7 Å². The fraction of sp³-hybridized carbons (Fsp3) is 0.235. The minimum atomic E-state index is -1.15. The number of aryl methyl sites for hydroxylation is 1. The minimum Gasteiger partial charge on any atom is -0.476 e. The topological polar surface area (TPSA) is 79.7 Å². The highest BCUT2D eigenvalue weighted by Gasteiger charge is 2.29. The van der Waals surface area contributed by atoms with Crippen molar-refractivity contribution < 1.29 is 19.4 Å². The molecule has 0 spiro atoms. The van der Waals surface area contributed by atoms with E-state index in [9.17, 15) is 14.7 Å². The summed E-state index contributed by atoms with van der Waals surface area (Å²) < 4.78 is 5.33. The maximum absolute atomic E-state index is 12.4. The van der Waals surface area contributed by atoms with Crippen LogP contribution in [0, 0.1) is 0 Å². The van der Waals surface area contributed by atoms with Gasteiger partial charge in [0.05, 0.1) is 5.69 Å². The van der Waals surface area contributed by atoms with Crippen LogP contribution in [0.2, 0.25) is 0 Å². The van der Waals surface area contributed by atoms with E-state index in [-0.39, 0.29) is 12.3 Å². The zero-order valence-corrected chi connectivity index (χ0v) is 12.4. The number of carbonyl (C=O) groups is 2. The minimum absolute atomic E-state index is 0.112. The van der Waals surface area contributed by atoms with Gasteiger partial charge in [0, 0.05) is 12.7 Å². The van der Waals surface area contributed by atoms with E-state index in [1.807, 2.05) is 30.3 Å². The number of hydrogen-bond acceptors (Lipinski definition) is 4. The van der Waals surface area contributed by atoms with Crippen molar-refractivity contribution in [1.29, 1.82) is 0 Å². The van der Waals surface area contributed by atoms with Crippen molar-refractivity contribution >= 4 is 17.7 Å². The summed E-state index contributed by atoms with van der Waals surface area (Å²) in [5.74, 6) is -1.15. The first-order chi connectivity index (χ1) is 11.2. The molecule has 23 heavy (non-hydrogen) atoms. The molecule has 0 unspecified atom stereocenters. The van der Waals surface area contributed by atoms with Crippen LogP contribution >= 0.6 is 0 Å². The van der Waals surface area contributed by atoms with Gasteiger partial charge in [-0.1, -0.05) is 30.3 Å². The molecule has 0 aliphatic carbocycles. The van der Waals surface area contributed by atoms with E-state index in [2.05, 4.69) is 4.98 Å². The highest BCUT2D eigenvalue weighted by molar-refractivity contribution is 5.99. The molecule has 2 aromatic rings. The number of fused-ring (bicyclic) bond motifs is 1. The molecule has 118 valence electrons. The Kier molecular flexibility index (Phi) is 4.23. The molecule has 1 aromatic heterocycles. The van der Waals surface area contributed by atoms with Crippen molar-refractivity contribution in [3.8, 4) is 0 Å². The summed E-state index contributed by atoms with van der Waals surface area (Å²) in [5.41, 5.74) is 1.92. The molecule has 3 rings (SSSR count). The SMILES string of the molecule is O=C(O)c1nccc2c1N(C(=O)OCc1ccccc1)CCC2. The fourth-order valence-electron chi connectivity index (χ4n) is 2.67. The molecular weight excluding hydrogens is 296 g/mol. The predicted octanol–water partition coefficient (Wildman–Crippen LogP) is 2.87. The van der Waals surface area contributed by atoms with Crippen LogP contribution in [0.3, 0.4) is 0 Å². The molecule has 0 saturated carbocycles. The van der Waals surface area contributed by atoms with Gasteiger partial charge in [-0.3, -0.25) is 4.90 Å². The molecule has 0 saturated heterocycles. The Morgan fingerprint density at radius 3 is 2.74 bits per heavy atom. The zero-order valence-electron chi connectivity index (χ0n) is 12.4. The number of anilines is 1. The summed E-state index contributed by atoms with van der Waals surface area (Å²) in [7, 11) is 0. The number of carboxylic acids is 1. The molecule has 0 atom stereocenters. The van der Waals surface area contributed by atoms with Gasteiger partial charge in [0.15, 0.2) is 5.69 Å². The van der Waals surface area contributed by atoms with Crippen LogP contribution in [0.1, 0.15) is 28.0 Å². The van der Waals surface area contributed by atoms with Gasteiger partial charge in [0.2, 0.25) is 0 Å². The number of nitrogens with zero attached hydrogens (tertiary/aromatic N) is 2. The molecule has 6 heteroatoms. The number of rotatable bonds is 3. The molecule has 1 aromatic carbocycles. The highest BCUT2D eigenvalue weighted by Crippen LogP contribution is 2.30. The Morgan fingerprint density at radius 1 is 1.22 bits per heavy atom. The molecule has 2 heterocycles. The zero-order chi connectivity index (χ0) is 16.2. The van der Waals surface area contributed by atoms with Gasteiger partial charge in [-0.15, -0.1) is 0 Å². The Bertz CT molecular complexity index is 731. The number of pyridine rings is 1. The quantitative estimate of drug-likeness (QED) is 0.942. The van der Waals surface area contributed by atoms with Crippen molar-refractivity contribution in [1.82, 2.24) is 4.98 Å². The lowest BCUT2D eigenvalue weighted by atomic mass is 10.0. The Morgan fingerprint density at radius 2 is 2.00 bits per heavy atom. The maximum atomic E-state index is 12.4. The summed E-state index contributed by atoms with van der Waals surface area (Å²) in [6.45, 7) is 0.570. The molecule has 1 aliphatic rings. The average molecular weight is 312 g/mol. The lowest BCUT2D eigenvalue weighted by Gasteiger charge is -2.29. The van der Waals surface area contributed by atoms with E-state index in [1.165, 1.54) is 11.1 Å². The number of hydrogen-bond donors (Lipinski definition) is 1. The number of amides is 1. The molecular formula is C17H16N2O4. The number of aromatic nitrogens is 1. The third-order valence-corrected chi connectivity index (χ3v) is 3.73. The van der Waals surface area contributed by atoms with Crippen LogP contribution in [-0.2, 0) is 17.8 Å². The monoisotopic (exact) mass is 312 g/mol. The van der Waals surface area contributed by atoms with Crippen LogP contribution in [0.4, 0.5) is 10.5 Å². The maximum Gasteiger partial charge on any atom is 0.414 e. The van der Waals surface area contributed by atoms with Gasteiger partial charge in [-0.05, 0) is 30.0 Å². The van der Waals surface area contributed by atoms with Gasteiger partial charge in [0.1, 0.15) is 6.61 Å². The predicted molar refractivity (Wildman–Crippen MR) is 83.5 cm³/mol. The second-order valence-electron chi connectivity index (χ2n) is 5.27. The molecule has 1 aliphatic heterocycles. The third kappa shape index (κ3) is 3.15. The van der Waals surface area contributed by atoms with Gasteiger partial charge >= 0.3 is 12.1 Å². The van der Waals surface area contributed by atoms with Crippen molar-refractivity contribution in [3.63, 3.8) is 0 Å². The molecule has 0 fully saturated rings. The normalized spacial score (nSPS) is 13.3. The van der Waals surface area contributed by atoms with Crippen molar-refractivity contribution in [2.75, 3.05) is 11.4 Å². The summed E-state index contributed by atoms with van der Waals surface area (Å²) >= 11 is 0. The highest BCUT2D eigenvalue weighted by atomic mass is 16.6. The van der Waals surface area contributed by atoms with Gasteiger partial charge in [-0.25, -0.2) is 14.6 Å². The summed E-state index contributed by atoms with van der Waals surface area (Å²) in [6, 6.07) is 11.1. The largest absolute Gasteiger partial charge is 0.476 e. The van der Waals surface area contributed by atoms with Crippen LogP contribution in [0.5, 0.6) is 0 Å². The van der Waals surface area contributed by atoms with Crippen LogP contribution < -0.4 is 4.90 Å². The van der Waals surface area contributed by atoms with E-state index in [1.54, 1.807) is 6.07 Å². The number of ether oxygens (including phenoxy) is 1. The number of aromatic carboxylic acids is 1. The van der Waals surface area contributed by atoms with E-state index in [0.29, 0.717) is 12.2 Å². The van der Waals surface area contributed by atoms with Crippen molar-refractivity contribution in [2.45, 2.75) is 19.4 Å². The standard InChI is InChI=1S/C17H16N2O4/c20-16(21)14-15-13(8-9-18-14)7-4-10-19(15)17(22)23-11-12-5-2-1-3-6-12/h1-3,5-6,8-9H,4,7,10-11H2,(H,20,21). The molecule has 1 N–H and O–H groups in total. The van der Waals surface area contributed by atoms with Crippen LogP contribution in [0.15, 0.2) is 42.6 Å². The van der Waals surface area contributed by atoms with Crippen LogP contribution in [0.25, 0.3) is 0 Å². The van der Waals surface area contributed by atoms with Gasteiger partial charge < -0.3 is 9.84 Å². The smallest absolute Gasteiger partial charge is 0.414 e. The third-order valence-electron chi connectivity index (χ3n) is 3.73. The Hall–Kier alpha value is -2.89. The first-order valence-electron chi connectivity index (χ1n) is 7.36. The van der Waals surface area contributed by atoms with E-state index in [0.717, 1.165) is 24.0 Å². The lowest BCUT2D eigenvalue weighted by molar-refractivity contribution is 0.0691. The number of carboxylic acid groups (broad SMARTS) is 1. The molecule has 0 bridgehead atoms. The summed E-state index contributed by atoms with van der Waals surface area (Å²) in [6.07, 6.45) is 2.39. The van der Waals surface area contributed by atoms with E-state index in [4.69, 9.17) is 4.74 Å². The molecule has 0 radical (unpaired) electrons. The summed E-state index contributed by atoms with van der Waals surface area (Å²) in [4.78, 5) is 29.0. The fourth-order valence-corrected chi connectivity index (χ4v) is 2.67. The van der Waals surface area contributed by atoms with E-state index < -0.39 is 12.1 Å². The number of benzene rings is 1.